The molecule has 0 radical (unpaired) electrons. The summed E-state index contributed by atoms with van der Waals surface area (Å²) in [5.41, 5.74) is 1.98. The molecule has 0 aromatic heterocycles. The average molecular weight is 253 g/mol. The van der Waals surface area contributed by atoms with Gasteiger partial charge in [-0.05, 0) is 36.4 Å². The van der Waals surface area contributed by atoms with Crippen molar-refractivity contribution in [2.24, 2.45) is 4.99 Å². The van der Waals surface area contributed by atoms with Crippen LogP contribution in [0, 0.1) is 0 Å². The molecule has 1 aliphatic rings. The minimum absolute atomic E-state index is 0.339. The van der Waals surface area contributed by atoms with E-state index < -0.39 is 0 Å². The molecule has 0 atom stereocenters. The highest BCUT2D eigenvalue weighted by Crippen LogP contribution is 2.24. The zero-order valence-electron chi connectivity index (χ0n) is 10.3. The number of benzene rings is 2. The van der Waals surface area contributed by atoms with Crippen LogP contribution < -0.4 is 4.74 Å². The number of methoxy groups -OCH3 is 1. The lowest BCUT2D eigenvalue weighted by molar-refractivity contribution is 0.0737. The van der Waals surface area contributed by atoms with E-state index in [1.807, 2.05) is 24.3 Å². The quantitative estimate of drug-likeness (QED) is 0.773. The molecule has 94 valence electrons. The molecule has 1 heterocycles. The Morgan fingerprint density at radius 1 is 1.00 bits per heavy atom. The molecule has 0 unspecified atom stereocenters. The molecule has 0 amide bonds. The summed E-state index contributed by atoms with van der Waals surface area (Å²) in [4.78, 5) is 16.0. The van der Waals surface area contributed by atoms with Crippen LogP contribution in [0.2, 0.25) is 0 Å². The van der Waals surface area contributed by atoms with E-state index in [9.17, 15) is 4.79 Å². The van der Waals surface area contributed by atoms with Gasteiger partial charge in [0.2, 0.25) is 5.90 Å². The Kier molecular flexibility index (Phi) is 2.76. The lowest BCUT2D eigenvalue weighted by Crippen LogP contribution is -1.99. The zero-order valence-corrected chi connectivity index (χ0v) is 10.3. The number of hydrogen-bond donors (Lipinski definition) is 0. The molecular weight excluding hydrogens is 242 g/mol. The van der Waals surface area contributed by atoms with Gasteiger partial charge in [0.25, 0.3) is 0 Å². The lowest BCUT2D eigenvalue weighted by Gasteiger charge is -2.00. The van der Waals surface area contributed by atoms with Gasteiger partial charge in [0, 0.05) is 0 Å². The molecule has 0 fully saturated rings. The summed E-state index contributed by atoms with van der Waals surface area (Å²) in [7, 11) is 1.61. The van der Waals surface area contributed by atoms with Gasteiger partial charge in [0.15, 0.2) is 0 Å². The number of carbonyl (C=O) groups excluding carboxylic acids is 1. The van der Waals surface area contributed by atoms with Crippen molar-refractivity contribution in [2.45, 2.75) is 0 Å². The highest BCUT2D eigenvalue weighted by atomic mass is 16.5. The summed E-state index contributed by atoms with van der Waals surface area (Å²) in [6.45, 7) is 0. The van der Waals surface area contributed by atoms with Crippen LogP contribution in [0.15, 0.2) is 53.5 Å². The van der Waals surface area contributed by atoms with Gasteiger partial charge in [-0.15, -0.1) is 0 Å². The van der Waals surface area contributed by atoms with Crippen LogP contribution in [0.5, 0.6) is 5.75 Å². The number of esters is 1. The first kappa shape index (κ1) is 11.5. The van der Waals surface area contributed by atoms with Crippen LogP contribution in [-0.2, 0) is 4.74 Å². The minimum atomic E-state index is -0.358. The normalized spacial score (nSPS) is 15.2. The van der Waals surface area contributed by atoms with Crippen LogP contribution in [0.3, 0.4) is 0 Å². The topological polar surface area (TPSA) is 47.9 Å². The molecule has 3 rings (SSSR count). The number of nitrogens with zero attached hydrogens (tertiary/aromatic N) is 1. The number of rotatable bonds is 2. The standard InChI is InChI=1S/C15H11NO3/c1-18-11-8-6-10(7-9-11)16-14-12-4-2-3-5-13(12)15(17)19-14/h2-9H,1H3. The molecule has 4 nitrogen and oxygen atoms in total. The van der Waals surface area contributed by atoms with Crippen molar-refractivity contribution < 1.29 is 14.3 Å². The Balaban J connectivity index is 1.98. The van der Waals surface area contributed by atoms with Gasteiger partial charge < -0.3 is 9.47 Å². The summed E-state index contributed by atoms with van der Waals surface area (Å²) >= 11 is 0. The molecule has 0 spiro atoms. The van der Waals surface area contributed by atoms with Crippen LogP contribution in [-0.4, -0.2) is 19.0 Å². The molecule has 0 N–H and O–H groups in total. The second-order valence-electron chi connectivity index (χ2n) is 4.05. The van der Waals surface area contributed by atoms with Crippen LogP contribution in [0.4, 0.5) is 5.69 Å². The third kappa shape index (κ3) is 2.08. The Morgan fingerprint density at radius 2 is 1.68 bits per heavy atom. The maximum atomic E-state index is 11.6. The van der Waals surface area contributed by atoms with E-state index in [-0.39, 0.29) is 5.97 Å². The monoisotopic (exact) mass is 253 g/mol. The number of fused-ring (bicyclic) bond motifs is 1. The number of hydrogen-bond acceptors (Lipinski definition) is 4. The van der Waals surface area contributed by atoms with E-state index in [0.29, 0.717) is 17.1 Å². The van der Waals surface area contributed by atoms with Gasteiger partial charge in [0.1, 0.15) is 5.75 Å². The van der Waals surface area contributed by atoms with Crippen molar-refractivity contribution in [2.75, 3.05) is 7.11 Å². The summed E-state index contributed by atoms with van der Waals surface area (Å²) in [5.74, 6) is 0.737. The van der Waals surface area contributed by atoms with Crippen LogP contribution >= 0.6 is 0 Å². The summed E-state index contributed by atoms with van der Waals surface area (Å²) in [6, 6.07) is 14.4. The van der Waals surface area contributed by atoms with E-state index >= 15 is 0 Å². The highest BCUT2D eigenvalue weighted by molar-refractivity contribution is 6.17. The Morgan fingerprint density at radius 3 is 2.37 bits per heavy atom. The first-order valence-electron chi connectivity index (χ1n) is 5.82. The third-order valence-electron chi connectivity index (χ3n) is 2.87. The average Bonchev–Trinajstić information content (AvgIpc) is 2.77. The SMILES string of the molecule is COc1ccc(N=C2OC(=O)c3ccccc32)cc1. The second-order valence-corrected chi connectivity index (χ2v) is 4.05. The molecular formula is C15H11NO3. The number of carbonyl (C=O) groups is 1. The lowest BCUT2D eigenvalue weighted by atomic mass is 10.1. The first-order valence-corrected chi connectivity index (χ1v) is 5.82. The van der Waals surface area contributed by atoms with Crippen LogP contribution in [0.25, 0.3) is 0 Å². The largest absolute Gasteiger partial charge is 0.497 e. The Bertz CT molecular complexity index is 659. The van der Waals surface area contributed by atoms with Crippen molar-refractivity contribution in [3.8, 4) is 5.75 Å². The van der Waals surface area contributed by atoms with Gasteiger partial charge in [-0.3, -0.25) is 0 Å². The first-order chi connectivity index (χ1) is 9.28. The van der Waals surface area contributed by atoms with E-state index in [1.165, 1.54) is 0 Å². The predicted molar refractivity (Wildman–Crippen MR) is 71.0 cm³/mol. The molecule has 19 heavy (non-hydrogen) atoms. The highest BCUT2D eigenvalue weighted by Gasteiger charge is 2.27. The maximum absolute atomic E-state index is 11.6. The summed E-state index contributed by atoms with van der Waals surface area (Å²) < 4.78 is 10.3. The van der Waals surface area contributed by atoms with Gasteiger partial charge >= 0.3 is 5.97 Å². The van der Waals surface area contributed by atoms with Crippen molar-refractivity contribution in [1.29, 1.82) is 0 Å². The molecule has 2 aromatic carbocycles. The molecule has 1 aliphatic heterocycles. The molecule has 0 saturated heterocycles. The van der Waals surface area contributed by atoms with Crippen LogP contribution in [0.1, 0.15) is 15.9 Å². The van der Waals surface area contributed by atoms with Crippen molar-refractivity contribution in [1.82, 2.24) is 0 Å². The molecule has 0 bridgehead atoms. The van der Waals surface area contributed by atoms with E-state index in [2.05, 4.69) is 4.99 Å². The fourth-order valence-corrected chi connectivity index (χ4v) is 1.90. The van der Waals surface area contributed by atoms with Crippen molar-refractivity contribution in [3.05, 3.63) is 59.7 Å². The predicted octanol–water partition coefficient (Wildman–Crippen LogP) is 2.94. The van der Waals surface area contributed by atoms with Crippen molar-refractivity contribution >= 4 is 17.6 Å². The van der Waals surface area contributed by atoms with Gasteiger partial charge in [0.05, 0.1) is 23.9 Å². The van der Waals surface area contributed by atoms with E-state index in [1.54, 1.807) is 31.4 Å². The third-order valence-corrected chi connectivity index (χ3v) is 2.87. The summed E-state index contributed by atoms with van der Waals surface area (Å²) in [6.07, 6.45) is 0. The van der Waals surface area contributed by atoms with Crippen molar-refractivity contribution in [3.63, 3.8) is 0 Å². The fraction of sp³-hybridized carbons (Fsp3) is 0.0667. The number of cyclic esters (lactones) is 1. The Labute approximate surface area is 110 Å². The van der Waals surface area contributed by atoms with Gasteiger partial charge in [-0.1, -0.05) is 12.1 Å². The minimum Gasteiger partial charge on any atom is -0.497 e. The maximum Gasteiger partial charge on any atom is 0.345 e. The number of aliphatic imine (C=N–C) groups is 1. The van der Waals surface area contributed by atoms with E-state index in [4.69, 9.17) is 9.47 Å². The van der Waals surface area contributed by atoms with Gasteiger partial charge in [-0.2, -0.15) is 0 Å². The fourth-order valence-electron chi connectivity index (χ4n) is 1.90. The molecule has 0 saturated carbocycles. The van der Waals surface area contributed by atoms with Gasteiger partial charge in [-0.25, -0.2) is 9.79 Å². The summed E-state index contributed by atoms with van der Waals surface area (Å²) in [5, 5.41) is 0. The molecule has 2 aromatic rings. The number of ether oxygens (including phenoxy) is 2. The zero-order chi connectivity index (χ0) is 13.2. The molecule has 0 aliphatic carbocycles. The van der Waals surface area contributed by atoms with E-state index in [0.717, 1.165) is 11.3 Å². The molecule has 4 heteroatoms. The second kappa shape index (κ2) is 4.57. The smallest absolute Gasteiger partial charge is 0.345 e. The Hall–Kier alpha value is -2.62.